The van der Waals surface area contributed by atoms with Crippen molar-refractivity contribution in [2.24, 2.45) is 17.6 Å². The third kappa shape index (κ3) is 3.83. The minimum absolute atomic E-state index is 0.0341. The van der Waals surface area contributed by atoms with Crippen molar-refractivity contribution in [3.8, 4) is 11.5 Å². The molecular formula is C27H30N4O6. The van der Waals surface area contributed by atoms with Gasteiger partial charge in [-0.1, -0.05) is 23.8 Å². The van der Waals surface area contributed by atoms with E-state index in [9.17, 15) is 19.2 Å². The molecule has 3 heterocycles. The predicted octanol–water partition coefficient (Wildman–Crippen LogP) is 1.24. The fraction of sp³-hybridized carbons (Fsp3) is 0.407. The third-order valence-corrected chi connectivity index (χ3v) is 7.74. The summed E-state index contributed by atoms with van der Waals surface area (Å²) >= 11 is 0. The third-order valence-electron chi connectivity index (χ3n) is 7.74. The number of primary amides is 1. The molecule has 3 aliphatic heterocycles. The summed E-state index contributed by atoms with van der Waals surface area (Å²) in [4.78, 5) is 53.9. The zero-order valence-corrected chi connectivity index (χ0v) is 21.0. The van der Waals surface area contributed by atoms with Gasteiger partial charge in [0.1, 0.15) is 5.54 Å². The van der Waals surface area contributed by atoms with E-state index in [-0.39, 0.29) is 31.2 Å². The van der Waals surface area contributed by atoms with Crippen LogP contribution in [0.15, 0.2) is 36.4 Å². The molecule has 5 rings (SSSR count). The van der Waals surface area contributed by atoms with E-state index in [1.165, 1.54) is 4.90 Å². The van der Waals surface area contributed by atoms with E-state index >= 15 is 0 Å². The molecule has 4 amide bonds. The smallest absolute Gasteiger partial charge is 0.250 e. The Kier molecular flexibility index (Phi) is 6.15. The van der Waals surface area contributed by atoms with Gasteiger partial charge in [-0.15, -0.1) is 0 Å². The van der Waals surface area contributed by atoms with Gasteiger partial charge >= 0.3 is 0 Å². The molecule has 2 aromatic rings. The first-order valence-corrected chi connectivity index (χ1v) is 12.3. The second-order valence-corrected chi connectivity index (χ2v) is 9.84. The number of anilines is 1. The van der Waals surface area contributed by atoms with Crippen molar-refractivity contribution in [3.05, 3.63) is 53.1 Å². The van der Waals surface area contributed by atoms with Gasteiger partial charge in [-0.3, -0.25) is 29.4 Å². The van der Waals surface area contributed by atoms with E-state index in [0.29, 0.717) is 29.2 Å². The monoisotopic (exact) mass is 506 g/mol. The number of nitrogens with two attached hydrogens (primary N) is 1. The lowest BCUT2D eigenvalue weighted by atomic mass is 9.76. The largest absolute Gasteiger partial charge is 0.493 e. The van der Waals surface area contributed by atoms with Crippen LogP contribution in [-0.2, 0) is 31.1 Å². The number of imide groups is 1. The summed E-state index contributed by atoms with van der Waals surface area (Å²) in [5, 5.41) is 6.21. The number of carbonyl (C=O) groups is 4. The van der Waals surface area contributed by atoms with E-state index in [1.54, 1.807) is 26.4 Å². The lowest BCUT2D eigenvalue weighted by molar-refractivity contribution is -0.142. The number of methoxy groups -OCH3 is 2. The van der Waals surface area contributed by atoms with Crippen molar-refractivity contribution < 1.29 is 28.7 Å². The number of likely N-dealkylation sites (tertiary alicyclic amines) is 1. The molecule has 1 spiro atoms. The molecule has 2 fully saturated rings. The Labute approximate surface area is 214 Å². The number of hydrogen-bond acceptors (Lipinski definition) is 7. The van der Waals surface area contributed by atoms with Crippen LogP contribution in [0.3, 0.4) is 0 Å². The first kappa shape index (κ1) is 24.8. The number of amides is 4. The molecule has 4 N–H and O–H groups in total. The van der Waals surface area contributed by atoms with Crippen molar-refractivity contribution in [3.63, 3.8) is 0 Å². The van der Waals surface area contributed by atoms with Crippen LogP contribution in [0, 0.1) is 18.8 Å². The standard InChI is InChI=1S/C27H30N4O6/c1-14-4-6-17-16(12-14)27(26(35)29-17)23-22(18(30-27)7-9-21(28)32)24(33)31(25(23)34)11-10-15-5-8-19(36-2)20(13-15)37-3/h4-6,8,12-13,18,22-23,30H,7,9-11H2,1-3H3,(H2,28,32)(H,29,35)/t18-,22+,23-,27-/m0/s1. The summed E-state index contributed by atoms with van der Waals surface area (Å²) in [6, 6.07) is 10.4. The molecule has 37 heavy (non-hydrogen) atoms. The zero-order valence-electron chi connectivity index (χ0n) is 21.0. The van der Waals surface area contributed by atoms with E-state index in [0.717, 1.165) is 11.1 Å². The molecule has 10 nitrogen and oxygen atoms in total. The Hall–Kier alpha value is -3.92. The average molecular weight is 507 g/mol. The Balaban J connectivity index is 1.48. The van der Waals surface area contributed by atoms with E-state index in [4.69, 9.17) is 15.2 Å². The Morgan fingerprint density at radius 1 is 1.05 bits per heavy atom. The summed E-state index contributed by atoms with van der Waals surface area (Å²) < 4.78 is 10.7. The number of nitrogens with zero attached hydrogens (tertiary/aromatic N) is 1. The van der Waals surface area contributed by atoms with Crippen LogP contribution in [0.2, 0.25) is 0 Å². The second kappa shape index (κ2) is 9.19. The van der Waals surface area contributed by atoms with Gasteiger partial charge in [0.15, 0.2) is 11.5 Å². The highest BCUT2D eigenvalue weighted by molar-refractivity contribution is 6.15. The van der Waals surface area contributed by atoms with Gasteiger partial charge in [0.05, 0.1) is 26.1 Å². The summed E-state index contributed by atoms with van der Waals surface area (Å²) in [6.07, 6.45) is 0.688. The fourth-order valence-corrected chi connectivity index (χ4v) is 6.02. The molecule has 10 heteroatoms. The first-order valence-electron chi connectivity index (χ1n) is 12.3. The minimum Gasteiger partial charge on any atom is -0.493 e. The molecule has 0 aliphatic carbocycles. The number of carbonyl (C=O) groups excluding carboxylic acids is 4. The number of rotatable bonds is 8. The predicted molar refractivity (Wildman–Crippen MR) is 134 cm³/mol. The number of ether oxygens (including phenoxy) is 2. The van der Waals surface area contributed by atoms with E-state index in [2.05, 4.69) is 10.6 Å². The highest BCUT2D eigenvalue weighted by atomic mass is 16.5. The molecular weight excluding hydrogens is 476 g/mol. The van der Waals surface area contributed by atoms with Crippen LogP contribution in [0.1, 0.15) is 29.5 Å². The van der Waals surface area contributed by atoms with Crippen molar-refractivity contribution >= 4 is 29.3 Å². The van der Waals surface area contributed by atoms with Crippen molar-refractivity contribution in [2.75, 3.05) is 26.1 Å². The van der Waals surface area contributed by atoms with Gasteiger partial charge in [-0.25, -0.2) is 0 Å². The quantitative estimate of drug-likeness (QED) is 0.458. The summed E-state index contributed by atoms with van der Waals surface area (Å²) in [7, 11) is 3.09. The lowest BCUT2D eigenvalue weighted by Crippen LogP contribution is -2.53. The normalized spacial score (nSPS) is 25.9. The van der Waals surface area contributed by atoms with Crippen LogP contribution in [-0.4, -0.2) is 55.3 Å². The topological polar surface area (TPSA) is 140 Å². The average Bonchev–Trinajstić information content (AvgIpc) is 3.45. The molecule has 0 aromatic heterocycles. The number of fused-ring (bicyclic) bond motifs is 4. The fourth-order valence-electron chi connectivity index (χ4n) is 6.02. The highest BCUT2D eigenvalue weighted by Gasteiger charge is 2.70. The van der Waals surface area contributed by atoms with E-state index < -0.39 is 35.2 Å². The van der Waals surface area contributed by atoms with Gasteiger partial charge < -0.3 is 20.5 Å². The number of aryl methyl sites for hydroxylation is 1. The summed E-state index contributed by atoms with van der Waals surface area (Å²) in [6.45, 7) is 2.06. The van der Waals surface area contributed by atoms with Crippen LogP contribution in [0.25, 0.3) is 0 Å². The highest BCUT2D eigenvalue weighted by Crippen LogP contribution is 2.53. The Bertz CT molecular complexity index is 1310. The SMILES string of the molecule is COc1ccc(CCN2C(=O)[C@@H]3[C@H](CCC(N)=O)N[C@]4(C(=O)Nc5ccc(C)cc54)[C@@H]3C2=O)cc1OC. The maximum absolute atomic E-state index is 13.9. The number of benzene rings is 2. The molecule has 2 saturated heterocycles. The van der Waals surface area contributed by atoms with Crippen molar-refractivity contribution in [2.45, 2.75) is 37.8 Å². The molecule has 194 valence electrons. The van der Waals surface area contributed by atoms with Gasteiger partial charge in [0, 0.05) is 30.3 Å². The van der Waals surface area contributed by atoms with Gasteiger partial charge in [0.2, 0.25) is 23.6 Å². The summed E-state index contributed by atoms with van der Waals surface area (Å²) in [5.74, 6) is -2.18. The second-order valence-electron chi connectivity index (χ2n) is 9.84. The molecule has 0 bridgehead atoms. The Morgan fingerprint density at radius 2 is 1.81 bits per heavy atom. The van der Waals surface area contributed by atoms with Gasteiger partial charge in [-0.2, -0.15) is 0 Å². The summed E-state index contributed by atoms with van der Waals surface area (Å²) in [5.41, 5.74) is 7.06. The first-order chi connectivity index (χ1) is 17.7. The van der Waals surface area contributed by atoms with Gasteiger partial charge in [-0.05, 0) is 43.5 Å². The minimum atomic E-state index is -1.39. The van der Waals surface area contributed by atoms with Crippen LogP contribution in [0.4, 0.5) is 5.69 Å². The molecule has 0 saturated carbocycles. The van der Waals surface area contributed by atoms with Gasteiger partial charge in [0.25, 0.3) is 0 Å². The zero-order chi connectivity index (χ0) is 26.5. The molecule has 3 aliphatic rings. The number of hydrogen-bond donors (Lipinski definition) is 3. The van der Waals surface area contributed by atoms with Crippen molar-refractivity contribution in [1.82, 2.24) is 10.2 Å². The Morgan fingerprint density at radius 3 is 2.51 bits per heavy atom. The van der Waals surface area contributed by atoms with Crippen molar-refractivity contribution in [1.29, 1.82) is 0 Å². The van der Waals surface area contributed by atoms with E-state index in [1.807, 2.05) is 31.2 Å². The maximum atomic E-state index is 13.9. The number of nitrogens with one attached hydrogen (secondary N) is 2. The molecule has 2 aromatic carbocycles. The van der Waals surface area contributed by atoms with Crippen LogP contribution < -0.4 is 25.8 Å². The lowest BCUT2D eigenvalue weighted by Gasteiger charge is -2.29. The molecule has 4 atom stereocenters. The van der Waals surface area contributed by atoms with Crippen LogP contribution in [0.5, 0.6) is 11.5 Å². The molecule has 0 unspecified atom stereocenters. The van der Waals surface area contributed by atoms with Crippen LogP contribution >= 0.6 is 0 Å². The molecule has 0 radical (unpaired) electrons. The maximum Gasteiger partial charge on any atom is 0.250 e.